The van der Waals surface area contributed by atoms with Gasteiger partial charge >= 0.3 is 6.09 Å². The average molecular weight is 529 g/mol. The number of aryl methyl sites for hydroxylation is 1. The van der Waals surface area contributed by atoms with E-state index in [1.54, 1.807) is 4.90 Å². The van der Waals surface area contributed by atoms with E-state index in [4.69, 9.17) is 4.74 Å². The summed E-state index contributed by atoms with van der Waals surface area (Å²) in [6, 6.07) is 15.0. The molecule has 0 radical (unpaired) electrons. The Labute approximate surface area is 197 Å². The summed E-state index contributed by atoms with van der Waals surface area (Å²) in [5.74, 6) is 0.814. The van der Waals surface area contributed by atoms with Crippen molar-refractivity contribution in [3.63, 3.8) is 0 Å². The average Bonchev–Trinajstić information content (AvgIpc) is 3.37. The maximum absolute atomic E-state index is 12.6. The fraction of sp³-hybridized carbons (Fsp3) is 0.360. The van der Waals surface area contributed by atoms with Gasteiger partial charge in [-0.3, -0.25) is 4.90 Å². The van der Waals surface area contributed by atoms with Gasteiger partial charge in [0.2, 0.25) is 0 Å². The molecule has 1 aliphatic heterocycles. The highest BCUT2D eigenvalue weighted by Gasteiger charge is 2.34. The zero-order valence-electron chi connectivity index (χ0n) is 18.4. The fourth-order valence-corrected chi connectivity index (χ4v) is 4.54. The molecule has 162 valence electrons. The number of aromatic nitrogens is 2. The predicted molar refractivity (Wildman–Crippen MR) is 132 cm³/mol. The number of halogens is 1. The lowest BCUT2D eigenvalue weighted by molar-refractivity contribution is 0.0218. The summed E-state index contributed by atoms with van der Waals surface area (Å²) in [5.41, 5.74) is 5.17. The van der Waals surface area contributed by atoms with E-state index in [1.807, 2.05) is 27.0 Å². The third kappa shape index (κ3) is 4.95. The van der Waals surface area contributed by atoms with Gasteiger partial charge in [0, 0.05) is 15.7 Å². The van der Waals surface area contributed by atoms with Crippen LogP contribution in [-0.2, 0) is 4.74 Å². The number of benzene rings is 2. The van der Waals surface area contributed by atoms with Crippen molar-refractivity contribution in [1.82, 2.24) is 14.9 Å². The van der Waals surface area contributed by atoms with E-state index in [0.29, 0.717) is 6.54 Å². The van der Waals surface area contributed by atoms with Gasteiger partial charge in [-0.25, -0.2) is 9.78 Å². The smallest absolute Gasteiger partial charge is 0.410 e. The Kier molecular flexibility index (Phi) is 6.10. The molecule has 1 atom stereocenters. The summed E-state index contributed by atoms with van der Waals surface area (Å²) in [6.45, 7) is 8.47. The molecule has 1 saturated heterocycles. The molecule has 31 heavy (non-hydrogen) atoms. The van der Waals surface area contributed by atoms with Crippen LogP contribution in [0.25, 0.3) is 22.4 Å². The number of hydrogen-bond acceptors (Lipinski definition) is 3. The van der Waals surface area contributed by atoms with Crippen molar-refractivity contribution in [2.75, 3.05) is 6.54 Å². The highest BCUT2D eigenvalue weighted by atomic mass is 127. The van der Waals surface area contributed by atoms with Gasteiger partial charge in [0.15, 0.2) is 0 Å². The molecule has 4 rings (SSSR count). The Morgan fingerprint density at radius 1 is 1.16 bits per heavy atom. The van der Waals surface area contributed by atoms with Crippen molar-refractivity contribution in [3.8, 4) is 22.4 Å². The van der Waals surface area contributed by atoms with E-state index in [-0.39, 0.29) is 12.1 Å². The van der Waals surface area contributed by atoms with E-state index in [9.17, 15) is 4.79 Å². The Morgan fingerprint density at radius 2 is 1.87 bits per heavy atom. The molecule has 0 saturated carbocycles. The van der Waals surface area contributed by atoms with E-state index < -0.39 is 5.60 Å². The molecule has 0 bridgehead atoms. The normalized spacial score (nSPS) is 16.5. The van der Waals surface area contributed by atoms with Crippen molar-refractivity contribution in [3.05, 3.63) is 63.6 Å². The molecule has 1 fully saturated rings. The summed E-state index contributed by atoms with van der Waals surface area (Å²) in [6.07, 6.45) is 3.42. The second-order valence-electron chi connectivity index (χ2n) is 9.07. The van der Waals surface area contributed by atoms with Gasteiger partial charge in [-0.1, -0.05) is 35.9 Å². The maximum Gasteiger partial charge on any atom is 0.410 e. The molecule has 3 aromatic rings. The Morgan fingerprint density at radius 3 is 2.58 bits per heavy atom. The molecular formula is C25H28IN3O2. The van der Waals surface area contributed by atoms with Crippen LogP contribution in [0.5, 0.6) is 0 Å². The molecule has 1 N–H and O–H groups in total. The lowest BCUT2D eigenvalue weighted by Gasteiger charge is -2.27. The fourth-order valence-electron chi connectivity index (χ4n) is 3.89. The molecule has 0 unspecified atom stereocenters. The first-order valence-corrected chi connectivity index (χ1v) is 11.7. The molecule has 6 heteroatoms. The molecule has 1 amide bonds. The molecule has 2 aromatic carbocycles. The molecule has 1 aliphatic rings. The van der Waals surface area contributed by atoms with Crippen LogP contribution in [0.4, 0.5) is 4.79 Å². The second kappa shape index (κ2) is 8.65. The van der Waals surface area contributed by atoms with Crippen LogP contribution >= 0.6 is 22.6 Å². The van der Waals surface area contributed by atoms with Crippen LogP contribution in [0.3, 0.4) is 0 Å². The Balaban J connectivity index is 1.59. The summed E-state index contributed by atoms with van der Waals surface area (Å²) < 4.78 is 6.80. The van der Waals surface area contributed by atoms with Crippen molar-refractivity contribution in [1.29, 1.82) is 0 Å². The third-order valence-electron chi connectivity index (χ3n) is 5.43. The summed E-state index contributed by atoms with van der Waals surface area (Å²) in [4.78, 5) is 22.5. The SMILES string of the molecule is Cc1ccc(-c2cc(-c3cnc([C@@H]4CCCN4C(=O)OC(C)(C)C)[nH]3)ccc2I)cc1. The van der Waals surface area contributed by atoms with Gasteiger partial charge in [-0.15, -0.1) is 0 Å². The molecule has 0 aliphatic carbocycles. The first-order chi connectivity index (χ1) is 14.7. The van der Waals surface area contributed by atoms with Gasteiger partial charge in [-0.05, 0) is 86.4 Å². The first-order valence-electron chi connectivity index (χ1n) is 10.6. The summed E-state index contributed by atoms with van der Waals surface area (Å²) in [5, 5.41) is 0. The van der Waals surface area contributed by atoms with Crippen LogP contribution < -0.4 is 0 Å². The van der Waals surface area contributed by atoms with Crippen LogP contribution in [0, 0.1) is 10.5 Å². The minimum Gasteiger partial charge on any atom is -0.444 e. The number of hydrogen-bond donors (Lipinski definition) is 1. The van der Waals surface area contributed by atoms with Gasteiger partial charge in [-0.2, -0.15) is 0 Å². The van der Waals surface area contributed by atoms with Crippen molar-refractivity contribution < 1.29 is 9.53 Å². The van der Waals surface area contributed by atoms with Gasteiger partial charge in [0.05, 0.1) is 17.9 Å². The standard InChI is InChI=1S/C25H28IN3O2/c1-16-7-9-17(10-8-16)19-14-18(11-12-20(19)26)21-15-27-23(28-21)22-6-5-13-29(22)24(30)31-25(2,3)4/h7-12,14-15,22H,5-6,13H2,1-4H3,(H,27,28)/t22-/m0/s1. The number of ether oxygens (including phenoxy) is 1. The highest BCUT2D eigenvalue weighted by Crippen LogP contribution is 2.34. The lowest BCUT2D eigenvalue weighted by atomic mass is 10.0. The van der Waals surface area contributed by atoms with E-state index in [1.165, 1.54) is 20.3 Å². The Hall–Kier alpha value is -2.35. The molecule has 1 aromatic heterocycles. The number of nitrogens with zero attached hydrogens (tertiary/aromatic N) is 2. The van der Waals surface area contributed by atoms with Crippen LogP contribution in [0.2, 0.25) is 0 Å². The minimum absolute atomic E-state index is 0.0796. The number of carbonyl (C=O) groups is 1. The van der Waals surface area contributed by atoms with E-state index in [0.717, 1.165) is 29.9 Å². The van der Waals surface area contributed by atoms with Gasteiger partial charge < -0.3 is 9.72 Å². The lowest BCUT2D eigenvalue weighted by Crippen LogP contribution is -2.36. The third-order valence-corrected chi connectivity index (χ3v) is 6.37. The number of carbonyl (C=O) groups excluding carboxylic acids is 1. The molecule has 2 heterocycles. The topological polar surface area (TPSA) is 58.2 Å². The number of rotatable bonds is 3. The van der Waals surface area contributed by atoms with Crippen LogP contribution in [0.15, 0.2) is 48.7 Å². The monoisotopic (exact) mass is 529 g/mol. The highest BCUT2D eigenvalue weighted by molar-refractivity contribution is 14.1. The van der Waals surface area contributed by atoms with Crippen molar-refractivity contribution >= 4 is 28.7 Å². The maximum atomic E-state index is 12.6. The zero-order chi connectivity index (χ0) is 22.2. The number of imidazole rings is 1. The van der Waals surface area contributed by atoms with E-state index >= 15 is 0 Å². The van der Waals surface area contributed by atoms with E-state index in [2.05, 4.69) is 81.9 Å². The van der Waals surface area contributed by atoms with Crippen LogP contribution in [0.1, 0.15) is 51.0 Å². The second-order valence-corrected chi connectivity index (χ2v) is 10.2. The first kappa shape index (κ1) is 21.9. The minimum atomic E-state index is -0.508. The number of nitrogens with one attached hydrogen (secondary N) is 1. The molecular weight excluding hydrogens is 501 g/mol. The summed E-state index contributed by atoms with van der Waals surface area (Å²) >= 11 is 2.38. The molecule has 5 nitrogen and oxygen atoms in total. The Bertz CT molecular complexity index is 1080. The van der Waals surface area contributed by atoms with Gasteiger partial charge in [0.25, 0.3) is 0 Å². The molecule has 0 spiro atoms. The van der Waals surface area contributed by atoms with Crippen LogP contribution in [-0.4, -0.2) is 33.1 Å². The summed E-state index contributed by atoms with van der Waals surface area (Å²) in [7, 11) is 0. The number of likely N-dealkylation sites (tertiary alicyclic amines) is 1. The largest absolute Gasteiger partial charge is 0.444 e. The number of H-pyrrole nitrogens is 1. The quantitative estimate of drug-likeness (QED) is 0.383. The van der Waals surface area contributed by atoms with Gasteiger partial charge in [0.1, 0.15) is 11.4 Å². The predicted octanol–water partition coefficient (Wildman–Crippen LogP) is 6.73. The van der Waals surface area contributed by atoms with Crippen molar-refractivity contribution in [2.45, 2.75) is 52.2 Å². The number of aromatic amines is 1. The van der Waals surface area contributed by atoms with Crippen molar-refractivity contribution in [2.24, 2.45) is 0 Å². The zero-order valence-corrected chi connectivity index (χ0v) is 20.6. The number of amides is 1.